The van der Waals surface area contributed by atoms with E-state index in [9.17, 15) is 19.2 Å². The molecule has 0 saturated heterocycles. The number of hydrogen-bond donors (Lipinski definition) is 2. The zero-order valence-corrected chi connectivity index (χ0v) is 17.0. The summed E-state index contributed by atoms with van der Waals surface area (Å²) in [6.45, 7) is -0.274. The highest BCUT2D eigenvalue weighted by atomic mass is 16.5. The van der Waals surface area contributed by atoms with Gasteiger partial charge >= 0.3 is 5.69 Å². The normalized spacial score (nSPS) is 13.1. The fourth-order valence-corrected chi connectivity index (χ4v) is 3.13. The predicted octanol–water partition coefficient (Wildman–Crippen LogP) is 0.998. The van der Waals surface area contributed by atoms with Gasteiger partial charge in [-0.05, 0) is 31.0 Å². The van der Waals surface area contributed by atoms with Crippen molar-refractivity contribution in [1.82, 2.24) is 14.1 Å². The zero-order chi connectivity index (χ0) is 22.1. The van der Waals surface area contributed by atoms with Crippen molar-refractivity contribution in [2.24, 2.45) is 20.0 Å². The molecule has 1 saturated carbocycles. The Kier molecular flexibility index (Phi) is 5.28. The van der Waals surface area contributed by atoms with Gasteiger partial charge in [0.25, 0.3) is 11.5 Å². The Labute approximate surface area is 176 Å². The smallest absolute Gasteiger partial charge is 0.332 e. The quantitative estimate of drug-likeness (QED) is 0.610. The lowest BCUT2D eigenvalue weighted by atomic mass is 10.3. The van der Waals surface area contributed by atoms with Crippen LogP contribution >= 0.6 is 0 Å². The molecule has 0 unspecified atom stereocenters. The lowest BCUT2D eigenvalue weighted by Gasteiger charge is -2.11. The van der Waals surface area contributed by atoms with Crippen LogP contribution in [0.5, 0.6) is 5.75 Å². The van der Waals surface area contributed by atoms with Gasteiger partial charge in [-0.25, -0.2) is 9.78 Å². The molecule has 0 spiro atoms. The first kappa shape index (κ1) is 20.3. The van der Waals surface area contributed by atoms with Crippen LogP contribution in [0.2, 0.25) is 0 Å². The maximum Gasteiger partial charge on any atom is 0.332 e. The molecule has 1 aliphatic rings. The number of hydrogen-bond acceptors (Lipinski definition) is 6. The summed E-state index contributed by atoms with van der Waals surface area (Å²) in [7, 11) is 2.90. The molecule has 1 aromatic carbocycles. The second kappa shape index (κ2) is 8.05. The van der Waals surface area contributed by atoms with E-state index in [1.807, 2.05) is 0 Å². The van der Waals surface area contributed by atoms with Crippen LogP contribution < -0.4 is 26.6 Å². The number of carbonyl (C=O) groups excluding carboxylic acids is 2. The minimum absolute atomic E-state index is 0.0117. The molecule has 0 bridgehead atoms. The van der Waals surface area contributed by atoms with E-state index in [4.69, 9.17) is 4.74 Å². The van der Waals surface area contributed by atoms with Gasteiger partial charge < -0.3 is 15.4 Å². The van der Waals surface area contributed by atoms with Gasteiger partial charge in [-0.3, -0.25) is 23.5 Å². The summed E-state index contributed by atoms with van der Waals surface area (Å²) in [4.78, 5) is 52.6. The highest BCUT2D eigenvalue weighted by Gasteiger charge is 2.29. The topological polar surface area (TPSA) is 124 Å². The summed E-state index contributed by atoms with van der Waals surface area (Å²) < 4.78 is 7.75. The van der Waals surface area contributed by atoms with Crippen LogP contribution in [0.15, 0.2) is 46.1 Å². The average molecular weight is 423 g/mol. The van der Waals surface area contributed by atoms with Crippen LogP contribution in [0.3, 0.4) is 0 Å². The van der Waals surface area contributed by atoms with Crippen LogP contribution in [-0.2, 0) is 23.7 Å². The number of aryl methyl sites for hydroxylation is 1. The largest absolute Gasteiger partial charge is 0.484 e. The van der Waals surface area contributed by atoms with Crippen LogP contribution in [0.4, 0.5) is 11.4 Å². The van der Waals surface area contributed by atoms with Crippen LogP contribution in [0.25, 0.3) is 11.0 Å². The molecule has 0 radical (unpaired) electrons. The Bertz CT molecular complexity index is 1310. The molecule has 2 N–H and O–H groups in total. The van der Waals surface area contributed by atoms with E-state index in [0.717, 1.165) is 17.4 Å². The van der Waals surface area contributed by atoms with Gasteiger partial charge in [-0.15, -0.1) is 0 Å². The Morgan fingerprint density at radius 2 is 1.87 bits per heavy atom. The molecular weight excluding hydrogens is 402 g/mol. The Morgan fingerprint density at radius 1 is 1.10 bits per heavy atom. The number of anilines is 2. The number of fused-ring (bicyclic) bond motifs is 1. The molecule has 10 nitrogen and oxygen atoms in total. The van der Waals surface area contributed by atoms with Gasteiger partial charge in [0.05, 0.1) is 17.3 Å². The van der Waals surface area contributed by atoms with Crippen molar-refractivity contribution in [2.45, 2.75) is 12.8 Å². The van der Waals surface area contributed by atoms with Gasteiger partial charge in [-0.1, -0.05) is 6.07 Å². The molecule has 1 aliphatic carbocycles. The number of nitrogens with one attached hydrogen (secondary N) is 2. The minimum Gasteiger partial charge on any atom is -0.484 e. The molecule has 31 heavy (non-hydrogen) atoms. The average Bonchev–Trinajstić information content (AvgIpc) is 3.61. The van der Waals surface area contributed by atoms with E-state index in [2.05, 4.69) is 15.6 Å². The number of benzene rings is 1. The summed E-state index contributed by atoms with van der Waals surface area (Å²) in [6, 6.07) is 8.28. The van der Waals surface area contributed by atoms with Crippen LogP contribution in [0.1, 0.15) is 12.8 Å². The minimum atomic E-state index is -0.497. The zero-order valence-electron chi connectivity index (χ0n) is 17.0. The molecule has 1 fully saturated rings. The highest BCUT2D eigenvalue weighted by Crippen LogP contribution is 2.30. The fraction of sp³-hybridized carbons (Fsp3) is 0.286. The second-order valence-corrected chi connectivity index (χ2v) is 7.43. The third kappa shape index (κ3) is 4.32. The number of pyridine rings is 1. The summed E-state index contributed by atoms with van der Waals surface area (Å²) in [6.07, 6.45) is 3.19. The predicted molar refractivity (Wildman–Crippen MR) is 114 cm³/mol. The van der Waals surface area contributed by atoms with Gasteiger partial charge in [0.1, 0.15) is 11.4 Å². The van der Waals surface area contributed by atoms with E-state index in [1.165, 1.54) is 30.9 Å². The molecule has 4 rings (SSSR count). The van der Waals surface area contributed by atoms with Crippen molar-refractivity contribution in [1.29, 1.82) is 0 Å². The van der Waals surface area contributed by atoms with Crippen LogP contribution in [-0.4, -0.2) is 32.5 Å². The monoisotopic (exact) mass is 423 g/mol. The van der Waals surface area contributed by atoms with E-state index in [1.54, 1.807) is 24.3 Å². The third-order valence-corrected chi connectivity index (χ3v) is 5.00. The summed E-state index contributed by atoms with van der Waals surface area (Å²) >= 11 is 0. The molecule has 0 atom stereocenters. The van der Waals surface area contributed by atoms with Crippen molar-refractivity contribution in [3.8, 4) is 5.75 Å². The Balaban J connectivity index is 1.42. The number of carbonyl (C=O) groups is 2. The van der Waals surface area contributed by atoms with Crippen molar-refractivity contribution < 1.29 is 14.3 Å². The third-order valence-electron chi connectivity index (χ3n) is 5.00. The molecule has 3 aromatic rings. The maximum atomic E-state index is 12.3. The molecule has 160 valence electrons. The highest BCUT2D eigenvalue weighted by molar-refractivity contribution is 5.94. The fourth-order valence-electron chi connectivity index (χ4n) is 3.13. The lowest BCUT2D eigenvalue weighted by molar-refractivity contribution is -0.118. The molecule has 2 heterocycles. The summed E-state index contributed by atoms with van der Waals surface area (Å²) in [5.74, 6) is 0.0620. The van der Waals surface area contributed by atoms with E-state index < -0.39 is 17.2 Å². The van der Waals surface area contributed by atoms with Crippen molar-refractivity contribution >= 4 is 34.2 Å². The van der Waals surface area contributed by atoms with Crippen molar-refractivity contribution in [2.75, 3.05) is 17.2 Å². The molecular formula is C21H21N5O5. The van der Waals surface area contributed by atoms with E-state index in [0.29, 0.717) is 17.1 Å². The number of ether oxygens (including phenoxy) is 1. The van der Waals surface area contributed by atoms with Gasteiger partial charge in [0, 0.05) is 31.8 Å². The second-order valence-electron chi connectivity index (χ2n) is 7.43. The summed E-state index contributed by atoms with van der Waals surface area (Å²) in [5, 5.41) is 5.66. The van der Waals surface area contributed by atoms with E-state index >= 15 is 0 Å². The number of amides is 2. The standard InChI is InChI=1S/C21H21N5O5/c1-25-18-16(20(29)26(2)21(25)30)9-14(10-22-18)23-17(27)11-31-15-5-3-4-13(8-15)24-19(28)12-6-7-12/h3-5,8-10,12H,6-7,11H2,1-2H3,(H,23,27)(H,24,28). The van der Waals surface area contributed by atoms with Gasteiger partial charge in [0.2, 0.25) is 5.91 Å². The number of rotatable bonds is 6. The molecule has 2 aromatic heterocycles. The number of nitrogens with zero attached hydrogens (tertiary/aromatic N) is 3. The van der Waals surface area contributed by atoms with E-state index in [-0.39, 0.29) is 29.5 Å². The first-order valence-electron chi connectivity index (χ1n) is 9.73. The van der Waals surface area contributed by atoms with Crippen LogP contribution in [0, 0.1) is 5.92 Å². The molecule has 10 heteroatoms. The Hall–Kier alpha value is -3.95. The summed E-state index contributed by atoms with van der Waals surface area (Å²) in [5.41, 5.74) is 0.165. The lowest BCUT2D eigenvalue weighted by Crippen LogP contribution is -2.37. The van der Waals surface area contributed by atoms with Gasteiger partial charge in [0.15, 0.2) is 6.61 Å². The van der Waals surface area contributed by atoms with Crippen molar-refractivity contribution in [3.63, 3.8) is 0 Å². The van der Waals surface area contributed by atoms with Crippen molar-refractivity contribution in [3.05, 3.63) is 57.4 Å². The van der Waals surface area contributed by atoms with Gasteiger partial charge in [-0.2, -0.15) is 0 Å². The maximum absolute atomic E-state index is 12.3. The first-order valence-corrected chi connectivity index (χ1v) is 9.73. The first-order chi connectivity index (χ1) is 14.8. The number of aromatic nitrogens is 3. The molecule has 2 amide bonds. The molecule has 0 aliphatic heterocycles. The Morgan fingerprint density at radius 3 is 2.61 bits per heavy atom. The SMILES string of the molecule is Cn1c(=O)c2cc(NC(=O)COc3cccc(NC(=O)C4CC4)c3)cnc2n(C)c1=O.